The SMILES string of the molecule is C=C(CCF)OC(=C)CCF. The van der Waals surface area contributed by atoms with Gasteiger partial charge in [0.1, 0.15) is 0 Å². The van der Waals surface area contributed by atoms with Crippen LogP contribution in [0.1, 0.15) is 12.8 Å². The van der Waals surface area contributed by atoms with Gasteiger partial charge in [0, 0.05) is 12.8 Å². The van der Waals surface area contributed by atoms with E-state index in [4.69, 9.17) is 4.74 Å². The zero-order valence-electron chi connectivity index (χ0n) is 6.41. The van der Waals surface area contributed by atoms with E-state index in [0.29, 0.717) is 11.5 Å². The Labute approximate surface area is 65.4 Å². The topological polar surface area (TPSA) is 9.23 Å². The van der Waals surface area contributed by atoms with Gasteiger partial charge in [0.15, 0.2) is 0 Å². The first kappa shape index (κ1) is 10.1. The van der Waals surface area contributed by atoms with Gasteiger partial charge in [-0.3, -0.25) is 8.78 Å². The molecule has 0 aliphatic carbocycles. The van der Waals surface area contributed by atoms with E-state index in [2.05, 4.69) is 13.2 Å². The highest BCUT2D eigenvalue weighted by atomic mass is 19.1. The van der Waals surface area contributed by atoms with Crippen molar-refractivity contribution in [3.8, 4) is 0 Å². The summed E-state index contributed by atoms with van der Waals surface area (Å²) in [5.74, 6) is 0.594. The van der Waals surface area contributed by atoms with Crippen LogP contribution in [0.5, 0.6) is 0 Å². The lowest BCUT2D eigenvalue weighted by Crippen LogP contribution is -1.93. The molecular formula is C8H12F2O. The molecule has 0 bridgehead atoms. The maximum absolute atomic E-state index is 11.6. The van der Waals surface area contributed by atoms with Crippen molar-refractivity contribution in [2.45, 2.75) is 12.8 Å². The Hall–Kier alpha value is -0.860. The van der Waals surface area contributed by atoms with Crippen molar-refractivity contribution in [1.82, 2.24) is 0 Å². The van der Waals surface area contributed by atoms with Crippen molar-refractivity contribution in [3.63, 3.8) is 0 Å². The van der Waals surface area contributed by atoms with Gasteiger partial charge < -0.3 is 4.74 Å². The minimum absolute atomic E-state index is 0.144. The first-order valence-corrected chi connectivity index (χ1v) is 3.36. The van der Waals surface area contributed by atoms with Crippen molar-refractivity contribution >= 4 is 0 Å². The number of alkyl halides is 2. The molecule has 3 heteroatoms. The van der Waals surface area contributed by atoms with Gasteiger partial charge in [0.25, 0.3) is 0 Å². The second-order valence-corrected chi connectivity index (χ2v) is 2.06. The molecule has 11 heavy (non-hydrogen) atoms. The van der Waals surface area contributed by atoms with Crippen molar-refractivity contribution < 1.29 is 13.5 Å². The third kappa shape index (κ3) is 5.58. The maximum atomic E-state index is 11.6. The highest BCUT2D eigenvalue weighted by molar-refractivity contribution is 4.92. The number of ether oxygens (including phenoxy) is 1. The molecule has 0 aromatic heterocycles. The summed E-state index contributed by atoms with van der Waals surface area (Å²) in [7, 11) is 0. The lowest BCUT2D eigenvalue weighted by molar-refractivity contribution is 0.261. The Bertz CT molecular complexity index is 127. The second-order valence-electron chi connectivity index (χ2n) is 2.06. The van der Waals surface area contributed by atoms with Gasteiger partial charge in [-0.2, -0.15) is 0 Å². The van der Waals surface area contributed by atoms with Crippen molar-refractivity contribution in [2.75, 3.05) is 13.3 Å². The van der Waals surface area contributed by atoms with E-state index in [1.54, 1.807) is 0 Å². The average molecular weight is 162 g/mol. The zero-order chi connectivity index (χ0) is 8.69. The van der Waals surface area contributed by atoms with Gasteiger partial charge in [-0.15, -0.1) is 0 Å². The fourth-order valence-corrected chi connectivity index (χ4v) is 0.517. The number of hydrogen-bond donors (Lipinski definition) is 0. The first-order valence-electron chi connectivity index (χ1n) is 3.36. The van der Waals surface area contributed by atoms with Crippen LogP contribution in [0.3, 0.4) is 0 Å². The van der Waals surface area contributed by atoms with Gasteiger partial charge in [-0.1, -0.05) is 13.2 Å². The molecule has 0 rings (SSSR count). The third-order valence-electron chi connectivity index (χ3n) is 1.04. The summed E-state index contributed by atoms with van der Waals surface area (Å²) in [6, 6.07) is 0. The molecule has 0 unspecified atom stereocenters. The predicted octanol–water partition coefficient (Wildman–Crippen LogP) is 2.75. The number of halogens is 2. The molecule has 0 aromatic carbocycles. The number of rotatable bonds is 6. The average Bonchev–Trinajstić information content (AvgIpc) is 1.87. The molecule has 0 fully saturated rings. The van der Waals surface area contributed by atoms with Crippen LogP contribution < -0.4 is 0 Å². The monoisotopic (exact) mass is 162 g/mol. The van der Waals surface area contributed by atoms with Gasteiger partial charge in [-0.25, -0.2) is 0 Å². The molecule has 0 N–H and O–H groups in total. The summed E-state index contributed by atoms with van der Waals surface area (Å²) in [5.41, 5.74) is 0. The van der Waals surface area contributed by atoms with Crippen LogP contribution in [0.25, 0.3) is 0 Å². The van der Waals surface area contributed by atoms with Crippen LogP contribution in [-0.4, -0.2) is 13.3 Å². The summed E-state index contributed by atoms with van der Waals surface area (Å²) in [6.45, 7) is 5.82. The molecule has 0 spiro atoms. The maximum Gasteiger partial charge on any atom is 0.0990 e. The molecule has 0 aliphatic rings. The smallest absolute Gasteiger partial charge is 0.0990 e. The predicted molar refractivity (Wildman–Crippen MR) is 40.5 cm³/mol. The first-order chi connectivity index (χ1) is 5.20. The summed E-state index contributed by atoms with van der Waals surface area (Å²) < 4.78 is 28.1. The normalized spacial score (nSPS) is 9.27. The van der Waals surface area contributed by atoms with Crippen LogP contribution >= 0.6 is 0 Å². The number of allylic oxidation sites excluding steroid dienone is 2. The summed E-state index contributed by atoms with van der Waals surface area (Å²) >= 11 is 0. The summed E-state index contributed by atoms with van der Waals surface area (Å²) in [5, 5.41) is 0. The Morgan fingerprint density at radius 2 is 1.36 bits per heavy atom. The minimum Gasteiger partial charge on any atom is -0.467 e. The fourth-order valence-electron chi connectivity index (χ4n) is 0.517. The summed E-state index contributed by atoms with van der Waals surface area (Å²) in [4.78, 5) is 0. The molecule has 64 valence electrons. The molecule has 0 heterocycles. The van der Waals surface area contributed by atoms with Crippen molar-refractivity contribution in [3.05, 3.63) is 24.7 Å². The summed E-state index contributed by atoms with van der Waals surface area (Å²) in [6.07, 6.45) is 0.288. The van der Waals surface area contributed by atoms with Crippen molar-refractivity contribution in [2.24, 2.45) is 0 Å². The quantitative estimate of drug-likeness (QED) is 0.545. The standard InChI is InChI=1S/C8H12F2O/c1-7(3-5-9)11-8(2)4-6-10/h1-6H2. The van der Waals surface area contributed by atoms with E-state index < -0.39 is 13.3 Å². The van der Waals surface area contributed by atoms with Gasteiger partial charge in [0.05, 0.1) is 24.9 Å². The van der Waals surface area contributed by atoms with E-state index in [9.17, 15) is 8.78 Å². The van der Waals surface area contributed by atoms with E-state index >= 15 is 0 Å². The fraction of sp³-hybridized carbons (Fsp3) is 0.500. The Kier molecular flexibility index (Phi) is 5.43. The highest BCUT2D eigenvalue weighted by Crippen LogP contribution is 2.09. The molecule has 0 atom stereocenters. The van der Waals surface area contributed by atoms with E-state index in [1.165, 1.54) is 0 Å². The van der Waals surface area contributed by atoms with Crippen LogP contribution in [0.2, 0.25) is 0 Å². The van der Waals surface area contributed by atoms with Crippen LogP contribution in [-0.2, 0) is 4.74 Å². The highest BCUT2D eigenvalue weighted by Gasteiger charge is 1.98. The largest absolute Gasteiger partial charge is 0.467 e. The van der Waals surface area contributed by atoms with Crippen LogP contribution in [0.4, 0.5) is 8.78 Å². The Morgan fingerprint density at radius 3 is 1.64 bits per heavy atom. The molecule has 0 aliphatic heterocycles. The van der Waals surface area contributed by atoms with Crippen LogP contribution in [0.15, 0.2) is 24.7 Å². The van der Waals surface area contributed by atoms with Crippen LogP contribution in [0, 0.1) is 0 Å². The molecule has 0 saturated carbocycles. The van der Waals surface area contributed by atoms with Crippen molar-refractivity contribution in [1.29, 1.82) is 0 Å². The molecule has 0 radical (unpaired) electrons. The van der Waals surface area contributed by atoms with E-state index in [0.717, 1.165) is 0 Å². The number of hydrogen-bond acceptors (Lipinski definition) is 1. The van der Waals surface area contributed by atoms with E-state index in [-0.39, 0.29) is 12.8 Å². The minimum atomic E-state index is -0.512. The molecule has 0 saturated heterocycles. The molecular weight excluding hydrogens is 150 g/mol. The molecule has 0 aromatic rings. The molecule has 0 amide bonds. The lowest BCUT2D eigenvalue weighted by atomic mass is 10.4. The Balaban J connectivity index is 3.49. The third-order valence-corrected chi connectivity index (χ3v) is 1.04. The zero-order valence-corrected chi connectivity index (χ0v) is 6.41. The van der Waals surface area contributed by atoms with Gasteiger partial charge in [0.2, 0.25) is 0 Å². The van der Waals surface area contributed by atoms with Gasteiger partial charge in [-0.05, 0) is 0 Å². The van der Waals surface area contributed by atoms with Gasteiger partial charge >= 0.3 is 0 Å². The lowest BCUT2D eigenvalue weighted by Gasteiger charge is -2.07. The van der Waals surface area contributed by atoms with E-state index in [1.807, 2.05) is 0 Å². The Morgan fingerprint density at radius 1 is 1.00 bits per heavy atom. The second kappa shape index (κ2) is 5.89. The molecule has 1 nitrogen and oxygen atoms in total.